The van der Waals surface area contributed by atoms with E-state index in [4.69, 9.17) is 5.73 Å². The molecule has 0 spiro atoms. The second-order valence-corrected chi connectivity index (χ2v) is 5.68. The lowest BCUT2D eigenvalue weighted by molar-refractivity contribution is 0.897. The van der Waals surface area contributed by atoms with Gasteiger partial charge in [-0.2, -0.15) is 4.98 Å². The van der Waals surface area contributed by atoms with E-state index in [2.05, 4.69) is 37.3 Å². The van der Waals surface area contributed by atoms with Gasteiger partial charge in [0, 0.05) is 19.8 Å². The number of anilines is 2. The van der Waals surface area contributed by atoms with Gasteiger partial charge in [-0.05, 0) is 39.0 Å². The van der Waals surface area contributed by atoms with Crippen molar-refractivity contribution in [3.8, 4) is 0 Å². The average Bonchev–Trinajstić information content (AvgIpc) is 2.64. The molecule has 16 heavy (non-hydrogen) atoms. The monoisotopic (exact) mass is 298 g/mol. The van der Waals surface area contributed by atoms with E-state index >= 15 is 0 Å². The van der Waals surface area contributed by atoms with Gasteiger partial charge in [-0.3, -0.25) is 0 Å². The third kappa shape index (κ3) is 2.70. The molecule has 0 radical (unpaired) electrons. The smallest absolute Gasteiger partial charge is 0.221 e. The van der Waals surface area contributed by atoms with Crippen molar-refractivity contribution >= 4 is 39.0 Å². The highest BCUT2D eigenvalue weighted by Gasteiger charge is 2.05. The maximum absolute atomic E-state index is 5.54. The van der Waals surface area contributed by atoms with Crippen LogP contribution >= 0.6 is 27.3 Å². The van der Waals surface area contributed by atoms with Crippen LogP contribution in [0.15, 0.2) is 27.5 Å². The Labute approximate surface area is 106 Å². The lowest BCUT2D eigenvalue weighted by Crippen LogP contribution is -2.17. The SMILES string of the molecule is CN(Cc1csc(Br)c1)c1ccnc(N)n1. The Morgan fingerprint density at radius 2 is 2.38 bits per heavy atom. The molecule has 0 aliphatic heterocycles. The highest BCUT2D eigenvalue weighted by atomic mass is 79.9. The average molecular weight is 299 g/mol. The number of nitrogen functional groups attached to an aromatic ring is 1. The molecule has 6 heteroatoms. The van der Waals surface area contributed by atoms with Crippen LogP contribution in [0, 0.1) is 0 Å². The summed E-state index contributed by atoms with van der Waals surface area (Å²) in [4.78, 5) is 10.1. The number of halogens is 1. The molecule has 0 unspecified atom stereocenters. The van der Waals surface area contributed by atoms with Gasteiger partial charge in [0.15, 0.2) is 0 Å². The molecule has 0 aliphatic rings. The van der Waals surface area contributed by atoms with Crippen molar-refractivity contribution in [2.75, 3.05) is 17.7 Å². The summed E-state index contributed by atoms with van der Waals surface area (Å²) in [7, 11) is 1.98. The van der Waals surface area contributed by atoms with E-state index in [9.17, 15) is 0 Å². The fourth-order valence-electron chi connectivity index (χ4n) is 1.36. The zero-order chi connectivity index (χ0) is 11.5. The molecule has 0 atom stereocenters. The van der Waals surface area contributed by atoms with Crippen molar-refractivity contribution in [2.45, 2.75) is 6.54 Å². The largest absolute Gasteiger partial charge is 0.368 e. The Balaban J connectivity index is 2.11. The molecule has 4 nitrogen and oxygen atoms in total. The van der Waals surface area contributed by atoms with Gasteiger partial charge in [0.1, 0.15) is 5.82 Å². The number of hydrogen-bond acceptors (Lipinski definition) is 5. The zero-order valence-corrected chi connectivity index (χ0v) is 11.1. The van der Waals surface area contributed by atoms with Crippen LogP contribution in [0.3, 0.4) is 0 Å². The number of thiophene rings is 1. The molecule has 0 saturated heterocycles. The molecule has 84 valence electrons. The third-order valence-electron chi connectivity index (χ3n) is 2.09. The van der Waals surface area contributed by atoms with E-state index in [1.807, 2.05) is 18.0 Å². The maximum Gasteiger partial charge on any atom is 0.221 e. The van der Waals surface area contributed by atoms with Crippen LogP contribution < -0.4 is 10.6 Å². The van der Waals surface area contributed by atoms with Gasteiger partial charge in [-0.15, -0.1) is 11.3 Å². The second kappa shape index (κ2) is 4.80. The molecule has 2 aromatic heterocycles. The number of aromatic nitrogens is 2. The van der Waals surface area contributed by atoms with Crippen molar-refractivity contribution in [3.63, 3.8) is 0 Å². The van der Waals surface area contributed by atoms with Crippen LogP contribution in [0.25, 0.3) is 0 Å². The van der Waals surface area contributed by atoms with Gasteiger partial charge in [0.2, 0.25) is 5.95 Å². The summed E-state index contributed by atoms with van der Waals surface area (Å²) in [5.74, 6) is 1.13. The molecule has 2 aromatic rings. The summed E-state index contributed by atoms with van der Waals surface area (Å²) in [6.07, 6.45) is 1.66. The zero-order valence-electron chi connectivity index (χ0n) is 8.72. The van der Waals surface area contributed by atoms with Crippen LogP contribution in [0.1, 0.15) is 5.56 Å². The third-order valence-corrected chi connectivity index (χ3v) is 3.65. The summed E-state index contributed by atoms with van der Waals surface area (Å²) >= 11 is 5.12. The molecule has 0 saturated carbocycles. The second-order valence-electron chi connectivity index (χ2n) is 3.39. The Bertz CT molecular complexity index is 485. The molecule has 0 amide bonds. The van der Waals surface area contributed by atoms with E-state index in [0.29, 0.717) is 5.95 Å². The summed E-state index contributed by atoms with van der Waals surface area (Å²) in [6.45, 7) is 0.804. The topological polar surface area (TPSA) is 55.0 Å². The minimum atomic E-state index is 0.302. The first-order chi connectivity index (χ1) is 7.65. The molecule has 0 aromatic carbocycles. The molecule has 0 bridgehead atoms. The number of nitrogens with zero attached hydrogens (tertiary/aromatic N) is 3. The first-order valence-corrected chi connectivity index (χ1v) is 6.35. The lowest BCUT2D eigenvalue weighted by atomic mass is 10.3. The van der Waals surface area contributed by atoms with E-state index < -0.39 is 0 Å². The van der Waals surface area contributed by atoms with Crippen molar-refractivity contribution in [1.29, 1.82) is 0 Å². The number of nitrogens with two attached hydrogens (primary N) is 1. The summed E-state index contributed by atoms with van der Waals surface area (Å²) in [5.41, 5.74) is 6.79. The number of rotatable bonds is 3. The standard InChI is InChI=1S/C10H11BrN4S/c1-15(5-7-4-8(11)16-6-7)9-2-3-13-10(12)14-9/h2-4,6H,5H2,1H3,(H2,12,13,14). The Morgan fingerprint density at radius 1 is 1.56 bits per heavy atom. The number of hydrogen-bond donors (Lipinski definition) is 1. The van der Waals surface area contributed by atoms with Crippen molar-refractivity contribution in [2.24, 2.45) is 0 Å². The quantitative estimate of drug-likeness (QED) is 0.946. The molecule has 2 N–H and O–H groups in total. The fourth-order valence-corrected chi connectivity index (χ4v) is 2.56. The van der Waals surface area contributed by atoms with E-state index in [1.54, 1.807) is 17.5 Å². The Hall–Kier alpha value is -1.14. The van der Waals surface area contributed by atoms with Crippen molar-refractivity contribution in [3.05, 3.63) is 33.1 Å². The summed E-state index contributed by atoms with van der Waals surface area (Å²) in [6, 6.07) is 3.95. The lowest BCUT2D eigenvalue weighted by Gasteiger charge is -2.17. The van der Waals surface area contributed by atoms with E-state index in [-0.39, 0.29) is 0 Å². The van der Waals surface area contributed by atoms with Gasteiger partial charge >= 0.3 is 0 Å². The van der Waals surface area contributed by atoms with Crippen LogP contribution in [0.5, 0.6) is 0 Å². The maximum atomic E-state index is 5.54. The normalized spacial score (nSPS) is 10.4. The first kappa shape index (κ1) is 11.3. The van der Waals surface area contributed by atoms with Crippen molar-refractivity contribution in [1.82, 2.24) is 9.97 Å². The molecule has 2 heterocycles. The van der Waals surface area contributed by atoms with E-state index in [0.717, 1.165) is 16.1 Å². The van der Waals surface area contributed by atoms with Gasteiger partial charge in [0.05, 0.1) is 3.79 Å². The molecular formula is C10H11BrN4S. The van der Waals surface area contributed by atoms with Crippen LogP contribution in [0.4, 0.5) is 11.8 Å². The Kier molecular flexibility index (Phi) is 3.40. The van der Waals surface area contributed by atoms with Crippen LogP contribution in [0.2, 0.25) is 0 Å². The minimum Gasteiger partial charge on any atom is -0.368 e. The first-order valence-electron chi connectivity index (χ1n) is 4.68. The Morgan fingerprint density at radius 3 is 3.00 bits per heavy atom. The van der Waals surface area contributed by atoms with Gasteiger partial charge in [-0.25, -0.2) is 4.98 Å². The predicted octanol–water partition coefficient (Wildman–Crippen LogP) is 2.52. The minimum absolute atomic E-state index is 0.302. The fraction of sp³-hybridized carbons (Fsp3) is 0.200. The van der Waals surface area contributed by atoms with Crippen LogP contribution in [-0.4, -0.2) is 17.0 Å². The summed E-state index contributed by atoms with van der Waals surface area (Å²) < 4.78 is 1.14. The molecule has 2 rings (SSSR count). The van der Waals surface area contributed by atoms with Gasteiger partial charge in [-0.1, -0.05) is 0 Å². The molecule has 0 fully saturated rings. The highest BCUT2D eigenvalue weighted by molar-refractivity contribution is 9.11. The van der Waals surface area contributed by atoms with Crippen molar-refractivity contribution < 1.29 is 0 Å². The molecule has 0 aliphatic carbocycles. The van der Waals surface area contributed by atoms with Crippen LogP contribution in [-0.2, 0) is 6.54 Å². The predicted molar refractivity (Wildman–Crippen MR) is 70.6 cm³/mol. The molecular weight excluding hydrogens is 288 g/mol. The summed E-state index contributed by atoms with van der Waals surface area (Å²) in [5, 5.41) is 2.12. The van der Waals surface area contributed by atoms with E-state index in [1.165, 1.54) is 5.56 Å². The highest BCUT2D eigenvalue weighted by Crippen LogP contribution is 2.22. The van der Waals surface area contributed by atoms with Gasteiger partial charge in [0.25, 0.3) is 0 Å². The van der Waals surface area contributed by atoms with Gasteiger partial charge < -0.3 is 10.6 Å².